The fraction of sp³-hybridized carbons (Fsp3) is 0.235. The predicted molar refractivity (Wildman–Crippen MR) is 88.9 cm³/mol. The monoisotopic (exact) mass is 309 g/mol. The van der Waals surface area contributed by atoms with Crippen LogP contribution in [0.2, 0.25) is 0 Å². The van der Waals surface area contributed by atoms with E-state index in [0.717, 1.165) is 29.3 Å². The van der Waals surface area contributed by atoms with Crippen molar-refractivity contribution in [3.63, 3.8) is 0 Å². The maximum atomic E-state index is 12.5. The van der Waals surface area contributed by atoms with E-state index in [1.807, 2.05) is 62.0 Å². The maximum Gasteiger partial charge on any atom is 0.259 e. The molecular weight excluding hydrogens is 290 g/mol. The van der Waals surface area contributed by atoms with Gasteiger partial charge in [0.1, 0.15) is 0 Å². The Labute approximate surface area is 134 Å². The normalized spacial score (nSPS) is 10.7. The smallest absolute Gasteiger partial charge is 0.259 e. The molecule has 2 heterocycles. The highest BCUT2D eigenvalue weighted by atomic mass is 16.1. The first-order chi connectivity index (χ1) is 11.1. The molecule has 3 rings (SSSR count). The highest BCUT2D eigenvalue weighted by Crippen LogP contribution is 2.17. The molecule has 3 aromatic rings. The summed E-state index contributed by atoms with van der Waals surface area (Å²) in [5.41, 5.74) is 3.96. The van der Waals surface area contributed by atoms with Crippen LogP contribution in [-0.2, 0) is 6.54 Å². The molecule has 0 aliphatic rings. The van der Waals surface area contributed by atoms with Gasteiger partial charge in [0.2, 0.25) is 0 Å². The van der Waals surface area contributed by atoms with E-state index in [2.05, 4.69) is 15.5 Å². The third-order valence-electron chi connectivity index (χ3n) is 3.80. The van der Waals surface area contributed by atoms with Crippen molar-refractivity contribution < 1.29 is 4.79 Å². The molecule has 0 aliphatic heterocycles. The number of aromatic nitrogens is 4. The Hall–Kier alpha value is -2.89. The van der Waals surface area contributed by atoms with Gasteiger partial charge in [-0.2, -0.15) is 10.2 Å². The molecule has 0 spiro atoms. The summed E-state index contributed by atoms with van der Waals surface area (Å²) >= 11 is 0. The number of carbonyl (C=O) groups excluding carboxylic acids is 1. The van der Waals surface area contributed by atoms with Gasteiger partial charge in [0.05, 0.1) is 16.9 Å². The van der Waals surface area contributed by atoms with Crippen LogP contribution in [0, 0.1) is 13.8 Å². The van der Waals surface area contributed by atoms with Gasteiger partial charge in [-0.25, -0.2) is 4.68 Å². The van der Waals surface area contributed by atoms with Crippen LogP contribution in [0.4, 0.5) is 5.69 Å². The maximum absolute atomic E-state index is 12.5. The molecule has 6 heteroatoms. The molecule has 2 aromatic heterocycles. The molecule has 0 saturated heterocycles. The molecule has 0 unspecified atom stereocenters. The summed E-state index contributed by atoms with van der Waals surface area (Å²) in [6, 6.07) is 9.43. The molecule has 0 fully saturated rings. The van der Waals surface area contributed by atoms with Crippen LogP contribution in [0.25, 0.3) is 5.69 Å². The molecule has 0 atom stereocenters. The second-order valence-corrected chi connectivity index (χ2v) is 5.31. The van der Waals surface area contributed by atoms with Gasteiger partial charge in [0.15, 0.2) is 0 Å². The molecule has 0 saturated carbocycles. The van der Waals surface area contributed by atoms with Crippen LogP contribution in [-0.4, -0.2) is 25.5 Å². The van der Waals surface area contributed by atoms with Crippen molar-refractivity contribution in [2.24, 2.45) is 0 Å². The van der Waals surface area contributed by atoms with E-state index >= 15 is 0 Å². The zero-order valence-electron chi connectivity index (χ0n) is 13.4. The SMILES string of the molecule is CCn1nc(C)c(C(=O)Nc2ccc(-n3cccn3)cc2)c1C. The first-order valence-corrected chi connectivity index (χ1v) is 7.55. The van der Waals surface area contributed by atoms with Crippen molar-refractivity contribution in [3.8, 4) is 5.69 Å². The molecule has 0 aliphatic carbocycles. The van der Waals surface area contributed by atoms with Gasteiger partial charge in [-0.1, -0.05) is 0 Å². The Morgan fingerprint density at radius 3 is 2.52 bits per heavy atom. The summed E-state index contributed by atoms with van der Waals surface area (Å²) < 4.78 is 3.61. The first kappa shape index (κ1) is 15.0. The quantitative estimate of drug-likeness (QED) is 0.806. The molecule has 0 radical (unpaired) electrons. The van der Waals surface area contributed by atoms with Crippen molar-refractivity contribution in [3.05, 3.63) is 59.7 Å². The van der Waals surface area contributed by atoms with Gasteiger partial charge < -0.3 is 5.32 Å². The number of anilines is 1. The number of amides is 1. The molecule has 1 N–H and O–H groups in total. The number of rotatable bonds is 4. The molecule has 23 heavy (non-hydrogen) atoms. The van der Waals surface area contributed by atoms with Gasteiger partial charge in [0.25, 0.3) is 5.91 Å². The standard InChI is InChI=1S/C17H19N5O/c1-4-21-13(3)16(12(2)20-21)17(23)19-14-6-8-15(9-7-14)22-11-5-10-18-22/h5-11H,4H2,1-3H3,(H,19,23). The van der Waals surface area contributed by atoms with E-state index in [0.29, 0.717) is 5.56 Å². The Morgan fingerprint density at radius 2 is 1.96 bits per heavy atom. The molecular formula is C17H19N5O. The average Bonchev–Trinajstić information content (AvgIpc) is 3.16. The Balaban J connectivity index is 1.79. The fourth-order valence-electron chi connectivity index (χ4n) is 2.65. The number of hydrogen-bond acceptors (Lipinski definition) is 3. The van der Waals surface area contributed by atoms with E-state index in [4.69, 9.17) is 0 Å². The van der Waals surface area contributed by atoms with Crippen LogP contribution in [0.15, 0.2) is 42.7 Å². The van der Waals surface area contributed by atoms with Crippen molar-refractivity contribution in [1.29, 1.82) is 0 Å². The summed E-state index contributed by atoms with van der Waals surface area (Å²) in [4.78, 5) is 12.5. The Kier molecular flexibility index (Phi) is 3.97. The van der Waals surface area contributed by atoms with Gasteiger partial charge in [-0.15, -0.1) is 0 Å². The number of nitrogens with zero attached hydrogens (tertiary/aromatic N) is 4. The highest BCUT2D eigenvalue weighted by molar-refractivity contribution is 6.05. The Morgan fingerprint density at radius 1 is 1.22 bits per heavy atom. The summed E-state index contributed by atoms with van der Waals surface area (Å²) in [5.74, 6) is -0.133. The van der Waals surface area contributed by atoms with Crippen molar-refractivity contribution in [1.82, 2.24) is 19.6 Å². The minimum Gasteiger partial charge on any atom is -0.322 e. The van der Waals surface area contributed by atoms with Gasteiger partial charge in [-0.05, 0) is 51.1 Å². The van der Waals surface area contributed by atoms with Gasteiger partial charge >= 0.3 is 0 Å². The first-order valence-electron chi connectivity index (χ1n) is 7.55. The van der Waals surface area contributed by atoms with E-state index in [1.54, 1.807) is 10.9 Å². The summed E-state index contributed by atoms with van der Waals surface area (Å²) in [5, 5.41) is 11.5. The lowest BCUT2D eigenvalue weighted by molar-refractivity contribution is 0.102. The summed E-state index contributed by atoms with van der Waals surface area (Å²) in [6.07, 6.45) is 3.60. The van der Waals surface area contributed by atoms with Gasteiger partial charge in [-0.3, -0.25) is 9.48 Å². The lowest BCUT2D eigenvalue weighted by Gasteiger charge is -2.07. The van der Waals surface area contributed by atoms with Crippen molar-refractivity contribution in [2.45, 2.75) is 27.3 Å². The summed E-state index contributed by atoms with van der Waals surface area (Å²) in [7, 11) is 0. The number of hydrogen-bond donors (Lipinski definition) is 1. The lowest BCUT2D eigenvalue weighted by Crippen LogP contribution is -2.14. The number of aryl methyl sites for hydroxylation is 2. The second kappa shape index (κ2) is 6.08. The third-order valence-corrected chi connectivity index (χ3v) is 3.80. The van der Waals surface area contributed by atoms with Crippen molar-refractivity contribution in [2.75, 3.05) is 5.32 Å². The zero-order chi connectivity index (χ0) is 16.4. The summed E-state index contributed by atoms with van der Waals surface area (Å²) in [6.45, 7) is 6.53. The van der Waals surface area contributed by atoms with Crippen LogP contribution in [0.1, 0.15) is 28.7 Å². The number of carbonyl (C=O) groups is 1. The van der Waals surface area contributed by atoms with E-state index < -0.39 is 0 Å². The average molecular weight is 309 g/mol. The molecule has 1 amide bonds. The van der Waals surface area contributed by atoms with Gasteiger partial charge in [0, 0.05) is 30.3 Å². The topological polar surface area (TPSA) is 64.7 Å². The molecule has 6 nitrogen and oxygen atoms in total. The molecule has 0 bridgehead atoms. The minimum atomic E-state index is -0.133. The number of benzene rings is 1. The lowest BCUT2D eigenvalue weighted by atomic mass is 10.1. The Bertz CT molecular complexity index is 816. The van der Waals surface area contributed by atoms with E-state index in [1.165, 1.54) is 0 Å². The second-order valence-electron chi connectivity index (χ2n) is 5.31. The highest BCUT2D eigenvalue weighted by Gasteiger charge is 2.18. The minimum absolute atomic E-state index is 0.133. The number of nitrogens with one attached hydrogen (secondary N) is 1. The zero-order valence-corrected chi connectivity index (χ0v) is 13.4. The van der Waals surface area contributed by atoms with Crippen molar-refractivity contribution >= 4 is 11.6 Å². The van der Waals surface area contributed by atoms with E-state index in [9.17, 15) is 4.79 Å². The molecule has 118 valence electrons. The third kappa shape index (κ3) is 2.88. The largest absolute Gasteiger partial charge is 0.322 e. The van der Waals surface area contributed by atoms with Crippen LogP contribution in [0.3, 0.4) is 0 Å². The van der Waals surface area contributed by atoms with Crippen LogP contribution in [0.5, 0.6) is 0 Å². The van der Waals surface area contributed by atoms with E-state index in [-0.39, 0.29) is 5.91 Å². The fourth-order valence-corrected chi connectivity index (χ4v) is 2.65. The molecule has 1 aromatic carbocycles. The van der Waals surface area contributed by atoms with Crippen LogP contribution < -0.4 is 5.32 Å². The predicted octanol–water partition coefficient (Wildman–Crippen LogP) is 2.96. The van der Waals surface area contributed by atoms with Crippen LogP contribution >= 0.6 is 0 Å².